The van der Waals surface area contributed by atoms with Gasteiger partial charge in [0.1, 0.15) is 17.3 Å². The number of benzene rings is 2. The molecule has 7 nitrogen and oxygen atoms in total. The zero-order chi connectivity index (χ0) is 17.9. The lowest BCUT2D eigenvalue weighted by Crippen LogP contribution is -2.15. The second kappa shape index (κ2) is 6.75. The Bertz CT molecular complexity index is 882. The molecule has 0 saturated heterocycles. The third-order valence-corrected chi connectivity index (χ3v) is 4.49. The number of carboxylic acid groups (broad SMARTS) is 1. The van der Waals surface area contributed by atoms with E-state index in [2.05, 4.69) is 4.72 Å². The molecule has 0 unspecified atom stereocenters. The summed E-state index contributed by atoms with van der Waals surface area (Å²) in [6.45, 7) is 0. The van der Waals surface area contributed by atoms with Crippen molar-refractivity contribution in [3.8, 4) is 11.5 Å². The number of hydrogen-bond donors (Lipinski definition) is 2. The van der Waals surface area contributed by atoms with Gasteiger partial charge in [0.2, 0.25) is 0 Å². The van der Waals surface area contributed by atoms with Gasteiger partial charge in [-0.1, -0.05) is 0 Å². The normalized spacial score (nSPS) is 11.0. The van der Waals surface area contributed by atoms with E-state index in [1.165, 1.54) is 26.4 Å². The summed E-state index contributed by atoms with van der Waals surface area (Å²) in [6, 6.07) is 6.98. The van der Waals surface area contributed by atoms with Gasteiger partial charge in [0, 0.05) is 6.07 Å². The predicted molar refractivity (Wildman–Crippen MR) is 83.7 cm³/mol. The zero-order valence-electron chi connectivity index (χ0n) is 12.7. The molecule has 0 amide bonds. The van der Waals surface area contributed by atoms with E-state index in [1.807, 2.05) is 0 Å². The highest BCUT2D eigenvalue weighted by atomic mass is 32.2. The maximum absolute atomic E-state index is 13.4. The van der Waals surface area contributed by atoms with E-state index < -0.39 is 32.3 Å². The van der Waals surface area contributed by atoms with Crippen LogP contribution in [0.4, 0.5) is 10.1 Å². The molecule has 0 aromatic heterocycles. The van der Waals surface area contributed by atoms with E-state index in [4.69, 9.17) is 14.6 Å². The number of nitrogens with one attached hydrogen (secondary N) is 1. The first-order valence-electron chi connectivity index (χ1n) is 6.56. The van der Waals surface area contributed by atoms with Crippen LogP contribution in [-0.2, 0) is 10.0 Å². The van der Waals surface area contributed by atoms with Gasteiger partial charge >= 0.3 is 5.97 Å². The van der Waals surface area contributed by atoms with E-state index in [0.29, 0.717) is 5.75 Å². The molecule has 2 aromatic carbocycles. The van der Waals surface area contributed by atoms with Gasteiger partial charge in [0.25, 0.3) is 10.0 Å². The average molecular weight is 355 g/mol. The van der Waals surface area contributed by atoms with Crippen LogP contribution >= 0.6 is 0 Å². The van der Waals surface area contributed by atoms with Crippen molar-refractivity contribution in [3.63, 3.8) is 0 Å². The summed E-state index contributed by atoms with van der Waals surface area (Å²) in [6.07, 6.45) is 0. The minimum absolute atomic E-state index is 0.0954. The van der Waals surface area contributed by atoms with Gasteiger partial charge in [-0.2, -0.15) is 0 Å². The standard InChI is InChI=1S/C15H14FNO6S/c1-22-9-3-6-14(23-2)13(7-9)17-24(20,21)10-4-5-12(16)11(8-10)15(18)19/h3-8,17H,1-2H3,(H,18,19). The zero-order valence-corrected chi connectivity index (χ0v) is 13.6. The van der Waals surface area contributed by atoms with Crippen LogP contribution in [-0.4, -0.2) is 33.7 Å². The van der Waals surface area contributed by atoms with Crippen LogP contribution in [0.25, 0.3) is 0 Å². The molecule has 0 aliphatic rings. The quantitative estimate of drug-likeness (QED) is 0.825. The lowest BCUT2D eigenvalue weighted by molar-refractivity contribution is 0.0691. The largest absolute Gasteiger partial charge is 0.497 e. The summed E-state index contributed by atoms with van der Waals surface area (Å²) in [5, 5.41) is 8.90. The number of ether oxygens (including phenoxy) is 2. The fourth-order valence-electron chi connectivity index (χ4n) is 1.93. The second-order valence-corrected chi connectivity index (χ2v) is 6.30. The predicted octanol–water partition coefficient (Wildman–Crippen LogP) is 2.34. The van der Waals surface area contributed by atoms with Crippen LogP contribution < -0.4 is 14.2 Å². The lowest BCUT2D eigenvalue weighted by Gasteiger charge is -2.13. The molecule has 0 spiro atoms. The van der Waals surface area contributed by atoms with Crippen molar-refractivity contribution in [1.29, 1.82) is 0 Å². The number of carbonyl (C=O) groups is 1. The number of methoxy groups -OCH3 is 2. The number of carboxylic acids is 1. The summed E-state index contributed by atoms with van der Waals surface area (Å²) in [5.41, 5.74) is -0.645. The first kappa shape index (κ1) is 17.5. The Kier molecular flexibility index (Phi) is 4.93. The first-order valence-corrected chi connectivity index (χ1v) is 8.04. The Morgan fingerprint density at radius 2 is 1.83 bits per heavy atom. The van der Waals surface area contributed by atoms with E-state index >= 15 is 0 Å². The summed E-state index contributed by atoms with van der Waals surface area (Å²) in [7, 11) is -1.38. The van der Waals surface area contributed by atoms with Crippen molar-refractivity contribution in [2.45, 2.75) is 4.90 Å². The Labute approximate surface area is 137 Å². The van der Waals surface area contributed by atoms with Crippen LogP contribution in [0.2, 0.25) is 0 Å². The van der Waals surface area contributed by atoms with Crippen LogP contribution in [0.15, 0.2) is 41.3 Å². The molecule has 0 saturated carbocycles. The minimum atomic E-state index is -4.16. The number of rotatable bonds is 6. The molecule has 0 heterocycles. The molecule has 0 aliphatic carbocycles. The van der Waals surface area contributed by atoms with E-state index in [9.17, 15) is 17.6 Å². The SMILES string of the molecule is COc1ccc(OC)c(NS(=O)(=O)c2ccc(F)c(C(=O)O)c2)c1. The fourth-order valence-corrected chi connectivity index (χ4v) is 3.02. The maximum atomic E-state index is 13.4. The Morgan fingerprint density at radius 3 is 2.42 bits per heavy atom. The number of sulfonamides is 1. The molecule has 0 aliphatic heterocycles. The lowest BCUT2D eigenvalue weighted by atomic mass is 10.2. The average Bonchev–Trinajstić information content (AvgIpc) is 2.54. The van der Waals surface area contributed by atoms with Crippen molar-refractivity contribution >= 4 is 21.7 Å². The molecular formula is C15H14FNO6S. The van der Waals surface area contributed by atoms with Gasteiger partial charge in [-0.15, -0.1) is 0 Å². The van der Waals surface area contributed by atoms with Gasteiger partial charge in [0.15, 0.2) is 0 Å². The monoisotopic (exact) mass is 355 g/mol. The van der Waals surface area contributed by atoms with Crippen LogP contribution in [0.5, 0.6) is 11.5 Å². The third-order valence-electron chi connectivity index (χ3n) is 3.13. The Morgan fingerprint density at radius 1 is 1.12 bits per heavy atom. The number of anilines is 1. The van der Waals surface area contributed by atoms with Crippen molar-refractivity contribution in [3.05, 3.63) is 47.8 Å². The second-order valence-electron chi connectivity index (χ2n) is 4.62. The van der Waals surface area contributed by atoms with Crippen molar-refractivity contribution in [2.24, 2.45) is 0 Å². The minimum Gasteiger partial charge on any atom is -0.497 e. The van der Waals surface area contributed by atoms with Crippen molar-refractivity contribution < 1.29 is 32.2 Å². The maximum Gasteiger partial charge on any atom is 0.338 e. The topological polar surface area (TPSA) is 102 Å². The van der Waals surface area contributed by atoms with E-state index in [1.54, 1.807) is 6.07 Å². The number of hydrogen-bond acceptors (Lipinski definition) is 5. The van der Waals surface area contributed by atoms with Gasteiger partial charge in [-0.3, -0.25) is 4.72 Å². The van der Waals surface area contributed by atoms with Gasteiger partial charge in [-0.05, 0) is 30.3 Å². The molecule has 9 heteroatoms. The highest BCUT2D eigenvalue weighted by Crippen LogP contribution is 2.31. The molecule has 0 radical (unpaired) electrons. The Hall–Kier alpha value is -2.81. The van der Waals surface area contributed by atoms with Gasteiger partial charge in [-0.25, -0.2) is 17.6 Å². The third kappa shape index (κ3) is 3.57. The molecule has 0 fully saturated rings. The molecule has 0 bridgehead atoms. The van der Waals surface area contributed by atoms with E-state index in [0.717, 1.165) is 18.2 Å². The molecule has 2 rings (SSSR count). The van der Waals surface area contributed by atoms with Crippen LogP contribution in [0.1, 0.15) is 10.4 Å². The van der Waals surface area contributed by atoms with Crippen LogP contribution in [0, 0.1) is 5.82 Å². The van der Waals surface area contributed by atoms with E-state index in [-0.39, 0.29) is 11.4 Å². The molecule has 2 aromatic rings. The first-order chi connectivity index (χ1) is 11.3. The van der Waals surface area contributed by atoms with Crippen molar-refractivity contribution in [2.75, 3.05) is 18.9 Å². The molecular weight excluding hydrogens is 341 g/mol. The Balaban J connectivity index is 2.46. The molecule has 128 valence electrons. The highest BCUT2D eigenvalue weighted by molar-refractivity contribution is 7.92. The molecule has 24 heavy (non-hydrogen) atoms. The van der Waals surface area contributed by atoms with Crippen molar-refractivity contribution in [1.82, 2.24) is 0 Å². The summed E-state index contributed by atoms with van der Waals surface area (Å²) in [5.74, 6) is -1.97. The summed E-state index contributed by atoms with van der Waals surface area (Å²) >= 11 is 0. The highest BCUT2D eigenvalue weighted by Gasteiger charge is 2.21. The fraction of sp³-hybridized carbons (Fsp3) is 0.133. The molecule has 0 atom stereocenters. The number of halogens is 1. The van der Waals surface area contributed by atoms with Gasteiger partial charge < -0.3 is 14.6 Å². The smallest absolute Gasteiger partial charge is 0.338 e. The summed E-state index contributed by atoms with van der Waals surface area (Å²) in [4.78, 5) is 10.6. The number of aromatic carboxylic acids is 1. The molecule has 2 N–H and O–H groups in total. The van der Waals surface area contributed by atoms with Gasteiger partial charge in [0.05, 0.1) is 30.4 Å². The van der Waals surface area contributed by atoms with Crippen LogP contribution in [0.3, 0.4) is 0 Å². The summed E-state index contributed by atoms with van der Waals surface area (Å²) < 4.78 is 50.6.